The van der Waals surface area contributed by atoms with E-state index in [4.69, 9.17) is 4.52 Å². The topological polar surface area (TPSA) is 60.2 Å². The highest BCUT2D eigenvalue weighted by molar-refractivity contribution is 7.91. The summed E-state index contributed by atoms with van der Waals surface area (Å²) in [6, 6.07) is 10.5. The molecule has 16 heavy (non-hydrogen) atoms. The maximum atomic E-state index is 11.7. The van der Waals surface area contributed by atoms with Gasteiger partial charge in [0.15, 0.2) is 9.84 Å². The largest absolute Gasteiger partial charge is 0.364 e. The first-order valence-corrected chi connectivity index (χ1v) is 6.68. The first-order valence-electron chi connectivity index (χ1n) is 4.73. The molecule has 0 N–H and O–H groups in total. The molecule has 2 aromatic rings. The lowest BCUT2D eigenvalue weighted by atomic mass is 10.1. The van der Waals surface area contributed by atoms with Crippen LogP contribution in [0, 0.1) is 0 Å². The van der Waals surface area contributed by atoms with Gasteiger partial charge in [-0.15, -0.1) is 0 Å². The molecule has 2 rings (SSSR count). The minimum absolute atomic E-state index is 0.411. The van der Waals surface area contributed by atoms with Crippen molar-refractivity contribution >= 4 is 9.84 Å². The molecule has 0 radical (unpaired) electrons. The fourth-order valence-corrected chi connectivity index (χ4v) is 2.83. The molecule has 0 aliphatic carbocycles. The van der Waals surface area contributed by atoms with Gasteiger partial charge >= 0.3 is 0 Å². The summed E-state index contributed by atoms with van der Waals surface area (Å²) in [4.78, 5) is 0. The van der Waals surface area contributed by atoms with Gasteiger partial charge in [0.05, 0.1) is 0 Å². The normalized spacial score (nSPS) is 13.6. The van der Waals surface area contributed by atoms with Crippen LogP contribution < -0.4 is 0 Å². The molecule has 5 heteroatoms. The van der Waals surface area contributed by atoms with Crippen LogP contribution in [0.1, 0.15) is 16.5 Å². The molecule has 0 aliphatic rings. The van der Waals surface area contributed by atoms with E-state index in [0.29, 0.717) is 11.3 Å². The number of nitrogens with zero attached hydrogens (tertiary/aromatic N) is 1. The van der Waals surface area contributed by atoms with Crippen LogP contribution in [0.4, 0.5) is 0 Å². The summed E-state index contributed by atoms with van der Waals surface area (Å²) in [5, 5.41) is 2.95. The van der Waals surface area contributed by atoms with Crippen LogP contribution in [0.25, 0.3) is 0 Å². The van der Waals surface area contributed by atoms with E-state index in [0.717, 1.165) is 0 Å². The summed E-state index contributed by atoms with van der Waals surface area (Å²) in [6.07, 6.45) is 2.57. The Bertz CT molecular complexity index is 546. The van der Waals surface area contributed by atoms with Crippen molar-refractivity contribution in [1.82, 2.24) is 5.16 Å². The van der Waals surface area contributed by atoms with Gasteiger partial charge in [0.1, 0.15) is 17.2 Å². The molecule has 1 unspecified atom stereocenters. The van der Waals surface area contributed by atoms with Crippen LogP contribution in [0.15, 0.2) is 47.2 Å². The van der Waals surface area contributed by atoms with Gasteiger partial charge in [0.2, 0.25) is 0 Å². The Labute approximate surface area is 93.8 Å². The van der Waals surface area contributed by atoms with Gasteiger partial charge in [-0.05, 0) is 5.56 Å². The number of hydrogen-bond acceptors (Lipinski definition) is 4. The predicted octanol–water partition coefficient (Wildman–Crippen LogP) is 1.81. The van der Waals surface area contributed by atoms with Gasteiger partial charge < -0.3 is 4.52 Å². The molecule has 0 saturated heterocycles. The third-order valence-corrected chi connectivity index (χ3v) is 3.63. The van der Waals surface area contributed by atoms with Gasteiger partial charge in [-0.3, -0.25) is 0 Å². The van der Waals surface area contributed by atoms with Crippen LogP contribution in [0.3, 0.4) is 0 Å². The van der Waals surface area contributed by atoms with Crippen LogP contribution >= 0.6 is 0 Å². The molecule has 1 aromatic heterocycles. The third kappa shape index (κ3) is 2.14. The predicted molar refractivity (Wildman–Crippen MR) is 59.6 cm³/mol. The van der Waals surface area contributed by atoms with E-state index in [9.17, 15) is 8.42 Å². The molecule has 1 aromatic carbocycles. The molecule has 4 nitrogen and oxygen atoms in total. The van der Waals surface area contributed by atoms with Crippen molar-refractivity contribution < 1.29 is 12.9 Å². The van der Waals surface area contributed by atoms with Crippen molar-refractivity contribution in [3.8, 4) is 0 Å². The van der Waals surface area contributed by atoms with E-state index in [-0.39, 0.29) is 0 Å². The second-order valence-corrected chi connectivity index (χ2v) is 5.68. The molecule has 0 bridgehead atoms. The van der Waals surface area contributed by atoms with E-state index >= 15 is 0 Å². The number of hydrogen-bond donors (Lipinski definition) is 0. The minimum Gasteiger partial charge on any atom is -0.364 e. The van der Waals surface area contributed by atoms with Crippen molar-refractivity contribution in [2.45, 2.75) is 5.25 Å². The SMILES string of the molecule is CS(=O)(=O)C(c1ccccc1)c1ccon1. The number of sulfone groups is 1. The average molecular weight is 237 g/mol. The molecule has 84 valence electrons. The van der Waals surface area contributed by atoms with E-state index in [1.165, 1.54) is 12.5 Å². The van der Waals surface area contributed by atoms with Crippen LogP contribution in [0.5, 0.6) is 0 Å². The summed E-state index contributed by atoms with van der Waals surface area (Å²) < 4.78 is 28.2. The van der Waals surface area contributed by atoms with E-state index in [1.807, 2.05) is 6.07 Å². The Morgan fingerprint density at radius 1 is 1.19 bits per heavy atom. The van der Waals surface area contributed by atoms with Gasteiger partial charge in [0, 0.05) is 12.3 Å². The lowest BCUT2D eigenvalue weighted by Gasteiger charge is -2.12. The molecular weight excluding hydrogens is 226 g/mol. The van der Waals surface area contributed by atoms with Crippen LogP contribution in [-0.2, 0) is 9.84 Å². The Balaban J connectivity index is 2.54. The summed E-state index contributed by atoms with van der Waals surface area (Å²) in [7, 11) is -3.26. The standard InChI is InChI=1S/C11H11NO3S/c1-16(13,14)11(10-7-8-15-12-10)9-5-3-2-4-6-9/h2-8,11H,1H3. The van der Waals surface area contributed by atoms with Crippen molar-refractivity contribution in [3.05, 3.63) is 53.9 Å². The third-order valence-electron chi connectivity index (χ3n) is 2.26. The highest BCUT2D eigenvalue weighted by atomic mass is 32.2. The highest BCUT2D eigenvalue weighted by Crippen LogP contribution is 2.27. The summed E-state index contributed by atoms with van der Waals surface area (Å²) >= 11 is 0. The second kappa shape index (κ2) is 4.09. The van der Waals surface area contributed by atoms with Crippen molar-refractivity contribution in [2.24, 2.45) is 0 Å². The maximum absolute atomic E-state index is 11.7. The lowest BCUT2D eigenvalue weighted by molar-refractivity contribution is 0.412. The van der Waals surface area contributed by atoms with E-state index < -0.39 is 15.1 Å². The molecule has 0 saturated carbocycles. The number of benzene rings is 1. The van der Waals surface area contributed by atoms with Gasteiger partial charge in [-0.25, -0.2) is 8.42 Å². The number of rotatable bonds is 3. The molecule has 0 aliphatic heterocycles. The first kappa shape index (κ1) is 10.9. The monoisotopic (exact) mass is 237 g/mol. The smallest absolute Gasteiger partial charge is 0.160 e. The van der Waals surface area contributed by atoms with Crippen molar-refractivity contribution in [2.75, 3.05) is 6.26 Å². The van der Waals surface area contributed by atoms with Crippen LogP contribution in [0.2, 0.25) is 0 Å². The van der Waals surface area contributed by atoms with E-state index in [2.05, 4.69) is 5.16 Å². The summed E-state index contributed by atoms with van der Waals surface area (Å²) in [6.45, 7) is 0. The molecular formula is C11H11NO3S. The second-order valence-electron chi connectivity index (χ2n) is 3.54. The zero-order valence-electron chi connectivity index (χ0n) is 8.70. The zero-order valence-corrected chi connectivity index (χ0v) is 9.52. The molecule has 1 atom stereocenters. The highest BCUT2D eigenvalue weighted by Gasteiger charge is 2.27. The lowest BCUT2D eigenvalue weighted by Crippen LogP contribution is -2.13. The molecule has 1 heterocycles. The van der Waals surface area contributed by atoms with E-state index in [1.54, 1.807) is 30.3 Å². The Morgan fingerprint density at radius 2 is 1.88 bits per heavy atom. The molecule has 0 amide bonds. The fraction of sp³-hybridized carbons (Fsp3) is 0.182. The Hall–Kier alpha value is -1.62. The van der Waals surface area contributed by atoms with Gasteiger partial charge in [-0.2, -0.15) is 0 Å². The molecule has 0 fully saturated rings. The quantitative estimate of drug-likeness (QED) is 0.816. The fourth-order valence-electron chi connectivity index (χ4n) is 1.62. The van der Waals surface area contributed by atoms with Crippen molar-refractivity contribution in [1.29, 1.82) is 0 Å². The van der Waals surface area contributed by atoms with Gasteiger partial charge in [0.25, 0.3) is 0 Å². The Kier molecular flexibility index (Phi) is 2.78. The minimum atomic E-state index is -3.26. The zero-order chi connectivity index (χ0) is 11.6. The first-order chi connectivity index (χ1) is 7.59. The maximum Gasteiger partial charge on any atom is 0.160 e. The Morgan fingerprint density at radius 3 is 2.38 bits per heavy atom. The van der Waals surface area contributed by atoms with Crippen LogP contribution in [-0.4, -0.2) is 19.8 Å². The number of aromatic nitrogens is 1. The average Bonchev–Trinajstić information content (AvgIpc) is 2.71. The molecule has 0 spiro atoms. The van der Waals surface area contributed by atoms with Gasteiger partial charge in [-0.1, -0.05) is 35.5 Å². The summed E-state index contributed by atoms with van der Waals surface area (Å²) in [5.41, 5.74) is 1.10. The summed E-state index contributed by atoms with van der Waals surface area (Å²) in [5.74, 6) is 0. The van der Waals surface area contributed by atoms with Crippen molar-refractivity contribution in [3.63, 3.8) is 0 Å².